The summed E-state index contributed by atoms with van der Waals surface area (Å²) >= 11 is 0. The molecule has 13 rings (SSSR count). The van der Waals surface area contributed by atoms with Crippen molar-refractivity contribution >= 4 is 34.1 Å². The van der Waals surface area contributed by atoms with Gasteiger partial charge in [0.15, 0.2) is 0 Å². The van der Waals surface area contributed by atoms with E-state index in [0.29, 0.717) is 0 Å². The van der Waals surface area contributed by atoms with E-state index in [-0.39, 0.29) is 0 Å². The SMILES string of the molecule is c1ccc(-c2cccc(N(c3ccc(-c4ccc(-c5ccccc5-c5ccccc5)cc4)cc3)c3ccc4c(c3)C3(c5ccccc5-4)c4ccccc4N(c4ccccc4)c4ccccc43)c2)cc1. The number of nitrogens with zero attached hydrogens (tertiary/aromatic N) is 2. The van der Waals surface area contributed by atoms with Gasteiger partial charge >= 0.3 is 0 Å². The molecule has 0 amide bonds. The van der Waals surface area contributed by atoms with Crippen LogP contribution in [0.4, 0.5) is 34.1 Å². The molecule has 2 nitrogen and oxygen atoms in total. The van der Waals surface area contributed by atoms with Gasteiger partial charge in [0.25, 0.3) is 0 Å². The molecular weight excluding hydrogens is 833 g/mol. The van der Waals surface area contributed by atoms with Gasteiger partial charge in [-0.2, -0.15) is 0 Å². The van der Waals surface area contributed by atoms with Gasteiger partial charge in [-0.1, -0.05) is 218 Å². The van der Waals surface area contributed by atoms with E-state index in [9.17, 15) is 0 Å². The standard InChI is InChI=1S/C67H46N2/c1-4-19-47(20-5-1)52-23-18-26-55(45-52)68(54-41-39-49(40-42-54)48-35-37-51(38-36-48)58-28-11-10-27-57(58)50-21-6-2-7-22-50)56-43-44-60-59-29-12-13-30-61(59)67(64(60)46-56)62-31-14-16-33-65(62)69(53-24-8-3-9-25-53)66-34-17-15-32-63(66)67/h1-46H. The van der Waals surface area contributed by atoms with Gasteiger partial charge in [-0.15, -0.1) is 0 Å². The molecule has 0 atom stereocenters. The van der Waals surface area contributed by atoms with Crippen molar-refractivity contribution in [2.75, 3.05) is 9.80 Å². The summed E-state index contributed by atoms with van der Waals surface area (Å²) in [6, 6.07) is 102. The van der Waals surface area contributed by atoms with Crippen molar-refractivity contribution in [1.29, 1.82) is 0 Å². The number of para-hydroxylation sites is 3. The molecule has 69 heavy (non-hydrogen) atoms. The number of hydrogen-bond acceptors (Lipinski definition) is 2. The fraction of sp³-hybridized carbons (Fsp3) is 0.0149. The molecule has 1 aliphatic heterocycles. The summed E-state index contributed by atoms with van der Waals surface area (Å²) in [5.41, 5.74) is 23.5. The Hall–Kier alpha value is -8.98. The van der Waals surface area contributed by atoms with Crippen LogP contribution in [0.2, 0.25) is 0 Å². The van der Waals surface area contributed by atoms with E-state index in [1.165, 1.54) is 89.3 Å². The molecular formula is C67H46N2. The number of anilines is 6. The third kappa shape index (κ3) is 6.64. The van der Waals surface area contributed by atoms with E-state index >= 15 is 0 Å². The molecule has 0 unspecified atom stereocenters. The zero-order chi connectivity index (χ0) is 45.7. The second-order valence-corrected chi connectivity index (χ2v) is 18.0. The van der Waals surface area contributed by atoms with Gasteiger partial charge in [0, 0.05) is 22.7 Å². The van der Waals surface area contributed by atoms with Crippen molar-refractivity contribution in [3.8, 4) is 55.6 Å². The molecule has 0 saturated heterocycles. The van der Waals surface area contributed by atoms with Crippen LogP contribution in [-0.2, 0) is 5.41 Å². The predicted molar refractivity (Wildman–Crippen MR) is 288 cm³/mol. The minimum Gasteiger partial charge on any atom is -0.310 e. The lowest BCUT2D eigenvalue weighted by Gasteiger charge is -2.45. The average Bonchev–Trinajstić information content (AvgIpc) is 3.72. The van der Waals surface area contributed by atoms with Gasteiger partial charge in [-0.05, 0) is 139 Å². The van der Waals surface area contributed by atoms with Crippen molar-refractivity contribution in [2.24, 2.45) is 0 Å². The van der Waals surface area contributed by atoms with Gasteiger partial charge in [-0.25, -0.2) is 0 Å². The first-order chi connectivity index (χ1) is 34.2. The number of benzene rings is 11. The highest BCUT2D eigenvalue weighted by molar-refractivity contribution is 5.97. The molecule has 0 saturated carbocycles. The Bertz CT molecular complexity index is 3610. The Kier molecular flexibility index (Phi) is 9.77. The Morgan fingerprint density at radius 3 is 1.30 bits per heavy atom. The van der Waals surface area contributed by atoms with Crippen molar-refractivity contribution in [1.82, 2.24) is 0 Å². The van der Waals surface area contributed by atoms with Crippen molar-refractivity contribution in [3.63, 3.8) is 0 Å². The first-order valence-corrected chi connectivity index (χ1v) is 23.8. The van der Waals surface area contributed by atoms with Gasteiger partial charge in [0.2, 0.25) is 0 Å². The van der Waals surface area contributed by atoms with Crippen LogP contribution in [0.5, 0.6) is 0 Å². The fourth-order valence-corrected chi connectivity index (χ4v) is 11.2. The summed E-state index contributed by atoms with van der Waals surface area (Å²) in [6.45, 7) is 0. The number of rotatable bonds is 8. The molecule has 1 aliphatic carbocycles. The lowest BCUT2D eigenvalue weighted by Crippen LogP contribution is -2.36. The Balaban J connectivity index is 0.960. The highest BCUT2D eigenvalue weighted by Gasteiger charge is 2.51. The molecule has 0 radical (unpaired) electrons. The van der Waals surface area contributed by atoms with Gasteiger partial charge in [-0.3, -0.25) is 0 Å². The van der Waals surface area contributed by atoms with Crippen LogP contribution in [-0.4, -0.2) is 0 Å². The van der Waals surface area contributed by atoms with Crippen molar-refractivity contribution < 1.29 is 0 Å². The molecule has 0 fully saturated rings. The van der Waals surface area contributed by atoms with Gasteiger partial charge < -0.3 is 9.80 Å². The van der Waals surface area contributed by atoms with E-state index in [0.717, 1.165) is 22.7 Å². The molecule has 0 aromatic heterocycles. The van der Waals surface area contributed by atoms with Gasteiger partial charge in [0.1, 0.15) is 0 Å². The number of fused-ring (bicyclic) bond motifs is 9. The first-order valence-electron chi connectivity index (χ1n) is 23.8. The topological polar surface area (TPSA) is 6.48 Å². The lowest BCUT2D eigenvalue weighted by molar-refractivity contribution is 0.752. The van der Waals surface area contributed by atoms with E-state index < -0.39 is 5.41 Å². The van der Waals surface area contributed by atoms with Crippen LogP contribution in [0.1, 0.15) is 22.3 Å². The summed E-state index contributed by atoms with van der Waals surface area (Å²) in [4.78, 5) is 4.88. The van der Waals surface area contributed by atoms with Crippen molar-refractivity contribution in [2.45, 2.75) is 5.41 Å². The molecule has 2 heteroatoms. The van der Waals surface area contributed by atoms with E-state index in [1.54, 1.807) is 0 Å². The second kappa shape index (κ2) is 16.7. The highest BCUT2D eigenvalue weighted by Crippen LogP contribution is 2.64. The van der Waals surface area contributed by atoms with Crippen LogP contribution in [0.25, 0.3) is 55.6 Å². The highest BCUT2D eigenvalue weighted by atomic mass is 15.2. The monoisotopic (exact) mass is 878 g/mol. The summed E-state index contributed by atoms with van der Waals surface area (Å²) < 4.78 is 0. The summed E-state index contributed by atoms with van der Waals surface area (Å²) in [5, 5.41) is 0. The maximum Gasteiger partial charge on any atom is 0.0755 e. The van der Waals surface area contributed by atoms with Crippen LogP contribution in [0.15, 0.2) is 279 Å². The molecule has 1 heterocycles. The Labute approximate surface area is 404 Å². The van der Waals surface area contributed by atoms with E-state index in [1.807, 2.05) is 0 Å². The third-order valence-electron chi connectivity index (χ3n) is 14.3. The van der Waals surface area contributed by atoms with Crippen LogP contribution in [0.3, 0.4) is 0 Å². The zero-order valence-corrected chi connectivity index (χ0v) is 38.0. The van der Waals surface area contributed by atoms with Crippen molar-refractivity contribution in [3.05, 3.63) is 301 Å². The summed E-state index contributed by atoms with van der Waals surface area (Å²) in [6.07, 6.45) is 0. The number of hydrogen-bond donors (Lipinski definition) is 0. The third-order valence-corrected chi connectivity index (χ3v) is 14.3. The Morgan fingerprint density at radius 2 is 0.667 bits per heavy atom. The average molecular weight is 879 g/mol. The molecule has 0 bridgehead atoms. The maximum absolute atomic E-state index is 2.48. The molecule has 2 aliphatic rings. The lowest BCUT2D eigenvalue weighted by atomic mass is 9.64. The normalized spacial score (nSPS) is 12.7. The largest absolute Gasteiger partial charge is 0.310 e. The molecule has 0 N–H and O–H groups in total. The summed E-state index contributed by atoms with van der Waals surface area (Å²) in [7, 11) is 0. The van der Waals surface area contributed by atoms with Crippen LogP contribution >= 0.6 is 0 Å². The molecule has 11 aromatic rings. The van der Waals surface area contributed by atoms with Gasteiger partial charge in [0.05, 0.1) is 16.8 Å². The second-order valence-electron chi connectivity index (χ2n) is 18.0. The fourth-order valence-electron chi connectivity index (χ4n) is 11.2. The van der Waals surface area contributed by atoms with E-state index in [2.05, 4.69) is 289 Å². The summed E-state index contributed by atoms with van der Waals surface area (Å²) in [5.74, 6) is 0. The first kappa shape index (κ1) is 40.3. The van der Waals surface area contributed by atoms with Crippen LogP contribution in [0, 0.1) is 0 Å². The molecule has 1 spiro atoms. The zero-order valence-electron chi connectivity index (χ0n) is 38.0. The smallest absolute Gasteiger partial charge is 0.0755 e. The minimum absolute atomic E-state index is 0.574. The van der Waals surface area contributed by atoms with E-state index in [4.69, 9.17) is 0 Å². The minimum atomic E-state index is -0.574. The van der Waals surface area contributed by atoms with Crippen LogP contribution < -0.4 is 9.80 Å². The molecule has 324 valence electrons. The molecule has 11 aromatic carbocycles. The Morgan fingerprint density at radius 1 is 0.246 bits per heavy atom. The quantitative estimate of drug-likeness (QED) is 0.150. The predicted octanol–water partition coefficient (Wildman–Crippen LogP) is 18.0. The maximum atomic E-state index is 2.48.